The van der Waals surface area contributed by atoms with Crippen LogP contribution in [0.15, 0.2) is 6.08 Å². The smallest absolute Gasteiger partial charge is 0.306 e. The number of hydrogen-bond donors (Lipinski definition) is 1. The third kappa shape index (κ3) is 3.72. The number of carbonyl (C=O) groups excluding carboxylic acids is 2. The number of fused-ring (bicyclic) bond motifs is 2. The van der Waals surface area contributed by atoms with Crippen LogP contribution in [0.2, 0.25) is 0 Å². The number of ketones is 1. The van der Waals surface area contributed by atoms with Crippen LogP contribution in [0, 0.1) is 5.92 Å². The SMILES string of the molecule is CCC[C@H](CC(=O)OC)c1c2c(c(O)c3c1O[C@@H](C)[C@H](C)C3=O)C=CC(C)(C)O2. The Hall–Kier alpha value is -2.50. The molecule has 3 rings (SSSR count). The van der Waals surface area contributed by atoms with Crippen LogP contribution >= 0.6 is 0 Å². The molecule has 6 heteroatoms. The van der Waals surface area contributed by atoms with E-state index in [-0.39, 0.29) is 47.4 Å². The predicted molar refractivity (Wildman–Crippen MR) is 110 cm³/mol. The lowest BCUT2D eigenvalue weighted by atomic mass is 9.81. The van der Waals surface area contributed by atoms with E-state index in [9.17, 15) is 14.7 Å². The van der Waals surface area contributed by atoms with Crippen molar-refractivity contribution in [2.75, 3.05) is 7.11 Å². The molecule has 0 unspecified atom stereocenters. The number of hydrogen-bond acceptors (Lipinski definition) is 6. The minimum Gasteiger partial charge on any atom is -0.506 e. The van der Waals surface area contributed by atoms with Crippen LogP contribution in [-0.4, -0.2) is 35.7 Å². The summed E-state index contributed by atoms with van der Waals surface area (Å²) in [6, 6.07) is 0. The molecule has 6 nitrogen and oxygen atoms in total. The van der Waals surface area contributed by atoms with Gasteiger partial charge in [0.1, 0.15) is 34.5 Å². The highest BCUT2D eigenvalue weighted by Crippen LogP contribution is 2.53. The fraction of sp³-hybridized carbons (Fsp3) is 0.565. The second-order valence-corrected chi connectivity index (χ2v) is 8.49. The second-order valence-electron chi connectivity index (χ2n) is 8.49. The van der Waals surface area contributed by atoms with Gasteiger partial charge in [-0.2, -0.15) is 0 Å². The molecule has 2 aliphatic rings. The average molecular weight is 402 g/mol. The first kappa shape index (κ1) is 21.2. The van der Waals surface area contributed by atoms with E-state index >= 15 is 0 Å². The highest BCUT2D eigenvalue weighted by atomic mass is 16.5. The molecular weight excluding hydrogens is 372 g/mol. The molecule has 2 heterocycles. The fourth-order valence-corrected chi connectivity index (χ4v) is 4.01. The van der Waals surface area contributed by atoms with Crippen molar-refractivity contribution >= 4 is 17.8 Å². The summed E-state index contributed by atoms with van der Waals surface area (Å²) in [6.07, 6.45) is 4.94. The molecule has 0 aromatic heterocycles. The molecule has 0 saturated carbocycles. The number of esters is 1. The summed E-state index contributed by atoms with van der Waals surface area (Å²) in [4.78, 5) is 25.2. The molecule has 1 aromatic carbocycles. The van der Waals surface area contributed by atoms with E-state index in [2.05, 4.69) is 0 Å². The molecule has 0 spiro atoms. The summed E-state index contributed by atoms with van der Waals surface area (Å²) in [6.45, 7) is 9.50. The highest BCUT2D eigenvalue weighted by Gasteiger charge is 2.42. The maximum atomic E-state index is 13.1. The first-order valence-electron chi connectivity index (χ1n) is 10.2. The van der Waals surface area contributed by atoms with Crippen LogP contribution in [0.5, 0.6) is 17.2 Å². The lowest BCUT2D eigenvalue weighted by molar-refractivity contribution is -0.141. The maximum Gasteiger partial charge on any atom is 0.306 e. The third-order valence-corrected chi connectivity index (χ3v) is 5.82. The Morgan fingerprint density at radius 3 is 2.62 bits per heavy atom. The average Bonchev–Trinajstić information content (AvgIpc) is 2.65. The van der Waals surface area contributed by atoms with E-state index in [1.165, 1.54) is 7.11 Å². The number of phenols is 1. The van der Waals surface area contributed by atoms with Gasteiger partial charge in [0.05, 0.1) is 25.0 Å². The van der Waals surface area contributed by atoms with Gasteiger partial charge in [0.25, 0.3) is 0 Å². The molecule has 1 N–H and O–H groups in total. The molecule has 2 aliphatic heterocycles. The zero-order valence-corrected chi connectivity index (χ0v) is 18.0. The standard InChI is InChI=1S/C23H30O6/c1-7-8-14(11-16(24)27-6)17-21-15(9-10-23(4,5)29-21)20(26)18-19(25)12(2)13(3)28-22(17)18/h9-10,12-14,26H,7-8,11H2,1-6H3/t12-,13-,14+/m0/s1. The number of Topliss-reactive ketones (excluding diaryl/α,β-unsaturated/α-hetero) is 1. The zero-order valence-electron chi connectivity index (χ0n) is 18.0. The summed E-state index contributed by atoms with van der Waals surface area (Å²) >= 11 is 0. The van der Waals surface area contributed by atoms with Crippen LogP contribution < -0.4 is 9.47 Å². The van der Waals surface area contributed by atoms with Crippen molar-refractivity contribution in [2.45, 2.75) is 71.5 Å². The maximum absolute atomic E-state index is 13.1. The van der Waals surface area contributed by atoms with Gasteiger partial charge in [-0.1, -0.05) is 20.3 Å². The number of methoxy groups -OCH3 is 1. The van der Waals surface area contributed by atoms with Gasteiger partial charge >= 0.3 is 5.97 Å². The Balaban J connectivity index is 2.32. The molecule has 0 bridgehead atoms. The first-order valence-corrected chi connectivity index (χ1v) is 10.2. The van der Waals surface area contributed by atoms with Gasteiger partial charge in [0.15, 0.2) is 5.78 Å². The quantitative estimate of drug-likeness (QED) is 0.724. The van der Waals surface area contributed by atoms with Gasteiger partial charge < -0.3 is 19.3 Å². The number of benzene rings is 1. The number of aromatic hydroxyl groups is 1. The summed E-state index contributed by atoms with van der Waals surface area (Å²) in [5, 5.41) is 11.0. The number of rotatable bonds is 5. The number of ether oxygens (including phenoxy) is 3. The zero-order chi connectivity index (χ0) is 21.5. The minimum absolute atomic E-state index is 0.123. The Morgan fingerprint density at radius 1 is 1.31 bits per heavy atom. The predicted octanol–water partition coefficient (Wildman–Crippen LogP) is 4.62. The van der Waals surface area contributed by atoms with Crippen LogP contribution in [-0.2, 0) is 9.53 Å². The molecule has 0 aliphatic carbocycles. The van der Waals surface area contributed by atoms with E-state index < -0.39 is 5.60 Å². The second kappa shape index (κ2) is 7.73. The van der Waals surface area contributed by atoms with Crippen molar-refractivity contribution in [2.24, 2.45) is 5.92 Å². The lowest BCUT2D eigenvalue weighted by Crippen LogP contribution is -2.36. The van der Waals surface area contributed by atoms with E-state index in [1.54, 1.807) is 13.0 Å². The van der Waals surface area contributed by atoms with Gasteiger partial charge in [0, 0.05) is 11.5 Å². The number of carbonyl (C=O) groups is 2. The highest BCUT2D eigenvalue weighted by molar-refractivity contribution is 6.06. The van der Waals surface area contributed by atoms with Gasteiger partial charge in [-0.15, -0.1) is 0 Å². The minimum atomic E-state index is -0.595. The van der Waals surface area contributed by atoms with Crippen molar-refractivity contribution in [3.63, 3.8) is 0 Å². The third-order valence-electron chi connectivity index (χ3n) is 5.82. The summed E-state index contributed by atoms with van der Waals surface area (Å²) < 4.78 is 17.3. The molecule has 3 atom stereocenters. The van der Waals surface area contributed by atoms with E-state index in [1.807, 2.05) is 33.8 Å². The first-order chi connectivity index (χ1) is 13.6. The van der Waals surface area contributed by atoms with Crippen LogP contribution in [0.1, 0.15) is 81.3 Å². The molecular formula is C23H30O6. The van der Waals surface area contributed by atoms with Crippen LogP contribution in [0.3, 0.4) is 0 Å². The van der Waals surface area contributed by atoms with Gasteiger partial charge in [-0.3, -0.25) is 9.59 Å². The number of phenolic OH excluding ortho intramolecular Hbond substituents is 1. The lowest BCUT2D eigenvalue weighted by Gasteiger charge is -2.37. The molecule has 158 valence electrons. The Labute approximate surface area is 171 Å². The van der Waals surface area contributed by atoms with Crippen molar-refractivity contribution in [3.8, 4) is 17.2 Å². The summed E-state index contributed by atoms with van der Waals surface area (Å²) in [7, 11) is 1.36. The summed E-state index contributed by atoms with van der Waals surface area (Å²) in [5.41, 5.74) is 0.720. The van der Waals surface area contributed by atoms with Crippen LogP contribution in [0.25, 0.3) is 6.08 Å². The Bertz CT molecular complexity index is 867. The molecule has 0 radical (unpaired) electrons. The molecule has 0 amide bonds. The van der Waals surface area contributed by atoms with Crippen molar-refractivity contribution in [1.29, 1.82) is 0 Å². The van der Waals surface area contributed by atoms with Crippen LogP contribution in [0.4, 0.5) is 0 Å². The van der Waals surface area contributed by atoms with Crippen molar-refractivity contribution in [1.82, 2.24) is 0 Å². The van der Waals surface area contributed by atoms with Crippen molar-refractivity contribution in [3.05, 3.63) is 22.8 Å². The van der Waals surface area contributed by atoms with E-state index in [0.29, 0.717) is 29.0 Å². The molecule has 29 heavy (non-hydrogen) atoms. The van der Waals surface area contributed by atoms with Gasteiger partial charge in [-0.25, -0.2) is 0 Å². The Kier molecular flexibility index (Phi) is 5.65. The van der Waals surface area contributed by atoms with E-state index in [4.69, 9.17) is 14.2 Å². The van der Waals surface area contributed by atoms with Crippen molar-refractivity contribution < 1.29 is 28.9 Å². The molecule has 1 aromatic rings. The fourth-order valence-electron chi connectivity index (χ4n) is 4.01. The molecule has 0 saturated heterocycles. The van der Waals surface area contributed by atoms with E-state index in [0.717, 1.165) is 6.42 Å². The van der Waals surface area contributed by atoms with Gasteiger partial charge in [0.2, 0.25) is 0 Å². The topological polar surface area (TPSA) is 82.1 Å². The normalized spacial score (nSPS) is 22.8. The summed E-state index contributed by atoms with van der Waals surface area (Å²) in [5.74, 6) is -0.445. The largest absolute Gasteiger partial charge is 0.506 e. The van der Waals surface area contributed by atoms with Gasteiger partial charge in [-0.05, 0) is 39.3 Å². The Morgan fingerprint density at radius 2 is 2.00 bits per heavy atom. The molecule has 0 fully saturated rings. The monoisotopic (exact) mass is 402 g/mol.